The molecule has 0 amide bonds. The molecule has 1 aromatic carbocycles. The standard InChI is InChI=1S/C8H4BrCl2NO/c9-5-3-7(11)8(4-6(5)10)13-2-1-12/h3-4H,2H2. The lowest BCUT2D eigenvalue weighted by Crippen LogP contribution is -1.94. The van der Waals surface area contributed by atoms with Gasteiger partial charge in [-0.05, 0) is 22.0 Å². The van der Waals surface area contributed by atoms with Crippen molar-refractivity contribution < 1.29 is 4.74 Å². The Morgan fingerprint density at radius 3 is 2.69 bits per heavy atom. The zero-order chi connectivity index (χ0) is 9.84. The first-order chi connectivity index (χ1) is 6.15. The van der Waals surface area contributed by atoms with Crippen molar-refractivity contribution in [2.75, 3.05) is 6.61 Å². The van der Waals surface area contributed by atoms with Crippen molar-refractivity contribution >= 4 is 39.1 Å². The molecule has 5 heteroatoms. The van der Waals surface area contributed by atoms with Crippen LogP contribution in [0.4, 0.5) is 0 Å². The number of nitriles is 1. The second-order valence-corrected chi connectivity index (χ2v) is 3.81. The quantitative estimate of drug-likeness (QED) is 0.775. The third-order valence-corrected chi connectivity index (χ3v) is 2.76. The molecule has 68 valence electrons. The highest BCUT2D eigenvalue weighted by Gasteiger charge is 2.05. The van der Waals surface area contributed by atoms with Crippen LogP contribution in [-0.4, -0.2) is 6.61 Å². The van der Waals surface area contributed by atoms with Gasteiger partial charge < -0.3 is 4.74 Å². The van der Waals surface area contributed by atoms with Gasteiger partial charge >= 0.3 is 0 Å². The molecule has 1 aromatic rings. The molecule has 0 unspecified atom stereocenters. The monoisotopic (exact) mass is 279 g/mol. The molecule has 0 aliphatic carbocycles. The molecule has 0 bridgehead atoms. The van der Waals surface area contributed by atoms with E-state index < -0.39 is 0 Å². The summed E-state index contributed by atoms with van der Waals surface area (Å²) < 4.78 is 5.72. The molecule has 0 aliphatic rings. The summed E-state index contributed by atoms with van der Waals surface area (Å²) in [6.45, 7) is -0.0440. The molecule has 0 atom stereocenters. The normalized spacial score (nSPS) is 9.38. The van der Waals surface area contributed by atoms with Gasteiger partial charge in [-0.3, -0.25) is 0 Å². The van der Waals surface area contributed by atoms with E-state index in [0.29, 0.717) is 20.3 Å². The Bertz CT molecular complexity index is 362. The van der Waals surface area contributed by atoms with Crippen LogP contribution >= 0.6 is 39.1 Å². The third kappa shape index (κ3) is 2.77. The van der Waals surface area contributed by atoms with Crippen molar-refractivity contribution in [3.8, 4) is 11.8 Å². The molecule has 0 saturated heterocycles. The molecule has 1 rings (SSSR count). The topological polar surface area (TPSA) is 33.0 Å². The summed E-state index contributed by atoms with van der Waals surface area (Å²) in [4.78, 5) is 0. The van der Waals surface area contributed by atoms with Gasteiger partial charge in [0.1, 0.15) is 11.8 Å². The lowest BCUT2D eigenvalue weighted by molar-refractivity contribution is 0.368. The van der Waals surface area contributed by atoms with E-state index in [4.69, 9.17) is 33.2 Å². The van der Waals surface area contributed by atoms with E-state index in [1.807, 2.05) is 6.07 Å². The van der Waals surface area contributed by atoms with Gasteiger partial charge in [0.05, 0.1) is 10.0 Å². The van der Waals surface area contributed by atoms with E-state index in [1.165, 1.54) is 0 Å². The average molecular weight is 281 g/mol. The van der Waals surface area contributed by atoms with E-state index in [-0.39, 0.29) is 6.61 Å². The minimum Gasteiger partial charge on any atom is -0.477 e. The number of nitrogens with zero attached hydrogens (tertiary/aromatic N) is 1. The fourth-order valence-corrected chi connectivity index (χ4v) is 1.57. The van der Waals surface area contributed by atoms with Crippen molar-refractivity contribution in [1.82, 2.24) is 0 Å². The van der Waals surface area contributed by atoms with Gasteiger partial charge in [-0.15, -0.1) is 0 Å². The molecule has 0 aliphatic heterocycles. The smallest absolute Gasteiger partial charge is 0.174 e. The maximum Gasteiger partial charge on any atom is 0.174 e. The van der Waals surface area contributed by atoms with E-state index >= 15 is 0 Å². The Kier molecular flexibility index (Phi) is 3.86. The molecule has 0 fully saturated rings. The van der Waals surface area contributed by atoms with Crippen molar-refractivity contribution in [3.05, 3.63) is 26.7 Å². The third-order valence-electron chi connectivity index (χ3n) is 1.27. The number of hydrogen-bond donors (Lipinski definition) is 0. The van der Waals surface area contributed by atoms with Gasteiger partial charge in [-0.25, -0.2) is 0 Å². The first-order valence-corrected chi connectivity index (χ1v) is 4.84. The van der Waals surface area contributed by atoms with E-state index in [9.17, 15) is 0 Å². The minimum absolute atomic E-state index is 0.0440. The highest BCUT2D eigenvalue weighted by Crippen LogP contribution is 2.33. The van der Waals surface area contributed by atoms with Crippen molar-refractivity contribution in [3.63, 3.8) is 0 Å². The second-order valence-electron chi connectivity index (χ2n) is 2.14. The largest absolute Gasteiger partial charge is 0.477 e. The highest BCUT2D eigenvalue weighted by molar-refractivity contribution is 9.10. The van der Waals surface area contributed by atoms with Crippen LogP contribution in [0.5, 0.6) is 5.75 Å². The molecular formula is C8H4BrCl2NO. The van der Waals surface area contributed by atoms with Gasteiger partial charge in [0.25, 0.3) is 0 Å². The zero-order valence-electron chi connectivity index (χ0n) is 6.35. The lowest BCUT2D eigenvalue weighted by Gasteiger charge is -2.05. The molecule has 0 N–H and O–H groups in total. The molecule has 0 aromatic heterocycles. The van der Waals surface area contributed by atoms with E-state index in [1.54, 1.807) is 12.1 Å². The van der Waals surface area contributed by atoms with Crippen LogP contribution in [0.15, 0.2) is 16.6 Å². The summed E-state index contributed by atoms with van der Waals surface area (Å²) in [6.07, 6.45) is 0. The van der Waals surface area contributed by atoms with Crippen LogP contribution in [0, 0.1) is 11.3 Å². The zero-order valence-corrected chi connectivity index (χ0v) is 9.45. The van der Waals surface area contributed by atoms with E-state index in [2.05, 4.69) is 15.9 Å². The fraction of sp³-hybridized carbons (Fsp3) is 0.125. The number of benzene rings is 1. The van der Waals surface area contributed by atoms with Crippen LogP contribution < -0.4 is 4.74 Å². The average Bonchev–Trinajstić information content (AvgIpc) is 2.09. The van der Waals surface area contributed by atoms with Crippen LogP contribution in [0.2, 0.25) is 10.0 Å². The maximum atomic E-state index is 8.28. The summed E-state index contributed by atoms with van der Waals surface area (Å²) >= 11 is 14.8. The predicted octanol–water partition coefficient (Wildman–Crippen LogP) is 3.66. The van der Waals surface area contributed by atoms with Gasteiger partial charge in [0, 0.05) is 10.5 Å². The Morgan fingerprint density at radius 2 is 2.08 bits per heavy atom. The molecule has 0 radical (unpaired) electrons. The van der Waals surface area contributed by atoms with Crippen LogP contribution in [-0.2, 0) is 0 Å². The van der Waals surface area contributed by atoms with Crippen LogP contribution in [0.1, 0.15) is 0 Å². The fourth-order valence-electron chi connectivity index (χ4n) is 0.725. The molecular weight excluding hydrogens is 277 g/mol. The molecule has 0 saturated carbocycles. The summed E-state index contributed by atoms with van der Waals surface area (Å²) in [7, 11) is 0. The summed E-state index contributed by atoms with van der Waals surface area (Å²) in [5, 5.41) is 9.20. The first kappa shape index (κ1) is 10.6. The molecule has 13 heavy (non-hydrogen) atoms. The molecule has 0 spiro atoms. The van der Waals surface area contributed by atoms with Crippen molar-refractivity contribution in [1.29, 1.82) is 5.26 Å². The van der Waals surface area contributed by atoms with Crippen molar-refractivity contribution in [2.24, 2.45) is 0 Å². The summed E-state index contributed by atoms with van der Waals surface area (Å²) in [5.74, 6) is 0.413. The Labute approximate surface area is 94.1 Å². The van der Waals surface area contributed by atoms with Gasteiger partial charge in [-0.1, -0.05) is 23.2 Å². The van der Waals surface area contributed by atoms with Crippen LogP contribution in [0.3, 0.4) is 0 Å². The lowest BCUT2D eigenvalue weighted by atomic mass is 10.3. The minimum atomic E-state index is -0.0440. The number of ether oxygens (including phenoxy) is 1. The second kappa shape index (κ2) is 4.71. The van der Waals surface area contributed by atoms with Gasteiger partial charge in [-0.2, -0.15) is 5.26 Å². The summed E-state index contributed by atoms with van der Waals surface area (Å²) in [5.41, 5.74) is 0. The number of halogens is 3. The van der Waals surface area contributed by atoms with E-state index in [0.717, 1.165) is 0 Å². The Hall–Kier alpha value is -0.430. The number of rotatable bonds is 2. The van der Waals surface area contributed by atoms with Crippen LogP contribution in [0.25, 0.3) is 0 Å². The molecule has 0 heterocycles. The highest BCUT2D eigenvalue weighted by atomic mass is 79.9. The predicted molar refractivity (Wildman–Crippen MR) is 55.3 cm³/mol. The van der Waals surface area contributed by atoms with Crippen molar-refractivity contribution in [2.45, 2.75) is 0 Å². The maximum absolute atomic E-state index is 8.28. The Balaban J connectivity index is 2.96. The molecule has 2 nitrogen and oxygen atoms in total. The number of hydrogen-bond acceptors (Lipinski definition) is 2. The first-order valence-electron chi connectivity index (χ1n) is 3.29. The summed E-state index contributed by atoms with van der Waals surface area (Å²) in [6, 6.07) is 5.02. The van der Waals surface area contributed by atoms with Gasteiger partial charge in [0.15, 0.2) is 6.61 Å². The Morgan fingerprint density at radius 1 is 1.38 bits per heavy atom. The van der Waals surface area contributed by atoms with Gasteiger partial charge in [0.2, 0.25) is 0 Å². The SMILES string of the molecule is N#CCOc1cc(Cl)c(Br)cc1Cl.